The number of nitrogens with zero attached hydrogens (tertiary/aromatic N) is 1. The van der Waals surface area contributed by atoms with Gasteiger partial charge >= 0.3 is 10.1 Å². The van der Waals surface area contributed by atoms with E-state index in [1.54, 1.807) is 43.5 Å². The van der Waals surface area contributed by atoms with E-state index in [-0.39, 0.29) is 10.6 Å². The molecule has 6 heteroatoms. The van der Waals surface area contributed by atoms with E-state index in [1.165, 1.54) is 6.07 Å². The molecule has 1 aromatic heterocycles. The van der Waals surface area contributed by atoms with Gasteiger partial charge in [-0.15, -0.1) is 0 Å². The number of pyridine rings is 1. The van der Waals surface area contributed by atoms with Crippen LogP contribution in [0.3, 0.4) is 0 Å². The van der Waals surface area contributed by atoms with Crippen molar-refractivity contribution in [1.29, 1.82) is 0 Å². The van der Waals surface area contributed by atoms with Gasteiger partial charge in [0.15, 0.2) is 5.75 Å². The maximum Gasteiger partial charge on any atom is 0.339 e. The fourth-order valence-electron chi connectivity index (χ4n) is 2.20. The molecular weight excluding hydrogens is 366 g/mol. The molecule has 0 saturated heterocycles. The lowest BCUT2D eigenvalue weighted by Crippen LogP contribution is -2.11. The van der Waals surface area contributed by atoms with Gasteiger partial charge in [0.25, 0.3) is 0 Å². The lowest BCUT2D eigenvalue weighted by atomic mass is 10.2. The number of hydrogen-bond acceptors (Lipinski definition) is 4. The van der Waals surface area contributed by atoms with Crippen molar-refractivity contribution in [2.45, 2.75) is 11.8 Å². The number of rotatable bonds is 3. The van der Waals surface area contributed by atoms with Gasteiger partial charge in [-0.25, -0.2) is 0 Å². The molecule has 0 fully saturated rings. The molecule has 0 N–H and O–H groups in total. The van der Waals surface area contributed by atoms with Crippen molar-refractivity contribution >= 4 is 37.0 Å². The molecule has 0 radical (unpaired) electrons. The van der Waals surface area contributed by atoms with Crippen LogP contribution in [0.2, 0.25) is 0 Å². The van der Waals surface area contributed by atoms with E-state index in [0.29, 0.717) is 11.1 Å². The lowest BCUT2D eigenvalue weighted by molar-refractivity contribution is 0.487. The molecule has 0 aliphatic carbocycles. The Labute approximate surface area is 137 Å². The van der Waals surface area contributed by atoms with E-state index >= 15 is 0 Å². The summed E-state index contributed by atoms with van der Waals surface area (Å²) < 4.78 is 31.2. The van der Waals surface area contributed by atoms with E-state index in [4.69, 9.17) is 4.18 Å². The van der Waals surface area contributed by atoms with Crippen LogP contribution in [0.15, 0.2) is 64.1 Å². The third kappa shape index (κ3) is 2.84. The van der Waals surface area contributed by atoms with Gasteiger partial charge < -0.3 is 4.18 Å². The van der Waals surface area contributed by atoms with Gasteiger partial charge in [-0.3, -0.25) is 4.98 Å². The van der Waals surface area contributed by atoms with Gasteiger partial charge in [0.05, 0.1) is 0 Å². The number of fused-ring (bicyclic) bond motifs is 1. The molecule has 0 aliphatic heterocycles. The first-order valence-corrected chi connectivity index (χ1v) is 8.72. The van der Waals surface area contributed by atoms with Gasteiger partial charge in [0, 0.05) is 16.1 Å². The smallest absolute Gasteiger partial charge is 0.339 e. The second-order valence-corrected chi connectivity index (χ2v) is 7.21. The Bertz CT molecular complexity index is 949. The van der Waals surface area contributed by atoms with Crippen molar-refractivity contribution < 1.29 is 12.6 Å². The minimum absolute atomic E-state index is 0.142. The van der Waals surface area contributed by atoms with Crippen LogP contribution in [0, 0.1) is 6.92 Å². The van der Waals surface area contributed by atoms with Crippen LogP contribution in [0.4, 0.5) is 0 Å². The van der Waals surface area contributed by atoms with E-state index in [2.05, 4.69) is 20.9 Å². The topological polar surface area (TPSA) is 56.3 Å². The summed E-state index contributed by atoms with van der Waals surface area (Å²) in [5.41, 5.74) is 1.13. The molecular formula is C16H12BrNO3S. The molecule has 2 aromatic carbocycles. The molecule has 0 atom stereocenters. The first kappa shape index (κ1) is 15.0. The molecule has 112 valence electrons. The average molecular weight is 378 g/mol. The number of para-hydroxylation sites is 1. The fraction of sp³-hybridized carbons (Fsp3) is 0.0625. The van der Waals surface area contributed by atoms with Gasteiger partial charge in [0.1, 0.15) is 10.4 Å². The van der Waals surface area contributed by atoms with Crippen molar-refractivity contribution in [2.24, 2.45) is 0 Å². The Morgan fingerprint density at radius 1 is 1.09 bits per heavy atom. The molecule has 0 aliphatic rings. The summed E-state index contributed by atoms with van der Waals surface area (Å²) in [5, 5.41) is 0.822. The second-order valence-electron chi connectivity index (χ2n) is 4.78. The number of aryl methyl sites for hydroxylation is 1. The zero-order valence-electron chi connectivity index (χ0n) is 11.7. The van der Waals surface area contributed by atoms with Gasteiger partial charge in [0.2, 0.25) is 0 Å². The van der Waals surface area contributed by atoms with Crippen LogP contribution >= 0.6 is 15.9 Å². The Morgan fingerprint density at radius 2 is 1.86 bits per heavy atom. The van der Waals surface area contributed by atoms with Crippen molar-refractivity contribution in [1.82, 2.24) is 4.98 Å². The predicted molar refractivity (Wildman–Crippen MR) is 88.4 cm³/mol. The van der Waals surface area contributed by atoms with Crippen molar-refractivity contribution in [3.63, 3.8) is 0 Å². The molecule has 3 aromatic rings. The highest BCUT2D eigenvalue weighted by atomic mass is 79.9. The minimum Gasteiger partial charge on any atom is -0.377 e. The number of aromatic nitrogens is 1. The van der Waals surface area contributed by atoms with Crippen LogP contribution in [0.25, 0.3) is 10.9 Å². The Kier molecular flexibility index (Phi) is 3.88. The molecule has 1 heterocycles. The molecule has 0 unspecified atom stereocenters. The van der Waals surface area contributed by atoms with Crippen LogP contribution in [-0.2, 0) is 10.1 Å². The number of halogens is 1. The van der Waals surface area contributed by atoms with Gasteiger partial charge in [-0.1, -0.05) is 34.1 Å². The number of benzene rings is 2. The minimum atomic E-state index is -3.91. The summed E-state index contributed by atoms with van der Waals surface area (Å²) in [5.74, 6) is 0.223. The maximum atomic E-state index is 12.5. The second kappa shape index (κ2) is 5.70. The summed E-state index contributed by atoms with van der Waals surface area (Å²) in [4.78, 5) is 4.34. The Balaban J connectivity index is 2.07. The SMILES string of the molecule is Cc1cc(Br)ccc1S(=O)(=O)Oc1cccc2cccnc12. The quantitative estimate of drug-likeness (QED) is 0.645. The lowest BCUT2D eigenvalue weighted by Gasteiger charge is -2.11. The summed E-state index contributed by atoms with van der Waals surface area (Å²) in [6.07, 6.45) is 1.60. The van der Waals surface area contributed by atoms with Gasteiger partial charge in [-0.05, 0) is 42.8 Å². The predicted octanol–water partition coefficient (Wildman–Crippen LogP) is 4.07. The van der Waals surface area contributed by atoms with Crippen LogP contribution in [0.5, 0.6) is 5.75 Å². The normalized spacial score (nSPS) is 11.5. The zero-order valence-corrected chi connectivity index (χ0v) is 14.1. The van der Waals surface area contributed by atoms with Crippen LogP contribution in [-0.4, -0.2) is 13.4 Å². The van der Waals surface area contributed by atoms with Crippen molar-refractivity contribution in [3.8, 4) is 5.75 Å². The monoisotopic (exact) mass is 377 g/mol. The Hall–Kier alpha value is -1.92. The third-order valence-corrected chi connectivity index (χ3v) is 5.09. The molecule has 4 nitrogen and oxygen atoms in total. The maximum absolute atomic E-state index is 12.5. The highest BCUT2D eigenvalue weighted by Crippen LogP contribution is 2.28. The first-order chi connectivity index (χ1) is 10.5. The molecule has 3 rings (SSSR count). The van der Waals surface area contributed by atoms with Crippen LogP contribution < -0.4 is 4.18 Å². The fourth-order valence-corrected chi connectivity index (χ4v) is 3.82. The van der Waals surface area contributed by atoms with Crippen molar-refractivity contribution in [3.05, 3.63) is 64.8 Å². The van der Waals surface area contributed by atoms with E-state index in [0.717, 1.165) is 9.86 Å². The highest BCUT2D eigenvalue weighted by molar-refractivity contribution is 9.10. The first-order valence-electron chi connectivity index (χ1n) is 6.52. The summed E-state index contributed by atoms with van der Waals surface area (Å²) >= 11 is 3.32. The zero-order chi connectivity index (χ0) is 15.7. The van der Waals surface area contributed by atoms with E-state index in [1.807, 2.05) is 12.1 Å². The van der Waals surface area contributed by atoms with Gasteiger partial charge in [-0.2, -0.15) is 8.42 Å². The van der Waals surface area contributed by atoms with Crippen molar-refractivity contribution in [2.75, 3.05) is 0 Å². The summed E-state index contributed by atoms with van der Waals surface area (Å²) in [7, 11) is -3.91. The van der Waals surface area contributed by atoms with E-state index in [9.17, 15) is 8.42 Å². The summed E-state index contributed by atoms with van der Waals surface area (Å²) in [6, 6.07) is 13.8. The highest BCUT2D eigenvalue weighted by Gasteiger charge is 2.20. The summed E-state index contributed by atoms with van der Waals surface area (Å²) in [6.45, 7) is 1.72. The molecule has 0 bridgehead atoms. The average Bonchev–Trinajstić information content (AvgIpc) is 2.47. The number of hydrogen-bond donors (Lipinski definition) is 0. The molecule has 0 spiro atoms. The van der Waals surface area contributed by atoms with E-state index < -0.39 is 10.1 Å². The molecule has 0 saturated carbocycles. The third-order valence-electron chi connectivity index (χ3n) is 3.20. The molecule has 22 heavy (non-hydrogen) atoms. The largest absolute Gasteiger partial charge is 0.377 e. The van der Waals surface area contributed by atoms with Crippen LogP contribution in [0.1, 0.15) is 5.56 Å². The standard InChI is InChI=1S/C16H12BrNO3S/c1-11-10-13(17)7-8-15(11)22(19,20)21-14-6-2-4-12-5-3-9-18-16(12)14/h2-10H,1H3. The molecule has 0 amide bonds. The Morgan fingerprint density at radius 3 is 2.64 bits per heavy atom.